The summed E-state index contributed by atoms with van der Waals surface area (Å²) >= 11 is 0. The first-order valence-electron chi connectivity index (χ1n) is 8.87. The standard InChI is InChI=1S/C21H19NO4/c1-24-14-7-5-13(6-8-14)22-11-18-19(25-12-22)10-9-16-15-3-2-4-17(15)21(23)26-20(16)18/h5-10H,2-4,11-12H2,1H3. The van der Waals surface area contributed by atoms with E-state index in [4.69, 9.17) is 13.9 Å². The van der Waals surface area contributed by atoms with E-state index in [-0.39, 0.29) is 5.63 Å². The lowest BCUT2D eigenvalue weighted by atomic mass is 10.0. The molecule has 0 unspecified atom stereocenters. The third-order valence-corrected chi connectivity index (χ3v) is 5.36. The summed E-state index contributed by atoms with van der Waals surface area (Å²) in [6.45, 7) is 1.10. The molecule has 0 amide bonds. The van der Waals surface area contributed by atoms with Gasteiger partial charge in [0.1, 0.15) is 17.1 Å². The van der Waals surface area contributed by atoms with Gasteiger partial charge in [-0.1, -0.05) is 0 Å². The number of anilines is 1. The van der Waals surface area contributed by atoms with E-state index >= 15 is 0 Å². The Kier molecular flexibility index (Phi) is 3.42. The number of methoxy groups -OCH3 is 1. The molecule has 5 rings (SSSR count). The van der Waals surface area contributed by atoms with Gasteiger partial charge in [-0.15, -0.1) is 0 Å². The molecular weight excluding hydrogens is 330 g/mol. The van der Waals surface area contributed by atoms with Crippen LogP contribution in [0.3, 0.4) is 0 Å². The van der Waals surface area contributed by atoms with Crippen molar-refractivity contribution in [2.75, 3.05) is 18.7 Å². The van der Waals surface area contributed by atoms with Crippen molar-refractivity contribution in [1.29, 1.82) is 0 Å². The number of fused-ring (bicyclic) bond motifs is 5. The predicted octanol–water partition coefficient (Wildman–Crippen LogP) is 3.65. The SMILES string of the molecule is COc1ccc(N2COc3ccc4c5c(c(=O)oc4c3C2)CCC5)cc1. The van der Waals surface area contributed by atoms with Gasteiger partial charge in [-0.25, -0.2) is 4.79 Å². The molecule has 26 heavy (non-hydrogen) atoms. The van der Waals surface area contributed by atoms with E-state index in [2.05, 4.69) is 4.90 Å². The Balaban J connectivity index is 1.60. The first kappa shape index (κ1) is 15.3. The molecule has 5 heteroatoms. The average Bonchev–Trinajstić information content (AvgIpc) is 3.18. The summed E-state index contributed by atoms with van der Waals surface area (Å²) in [6.07, 6.45) is 2.78. The molecule has 0 saturated heterocycles. The Morgan fingerprint density at radius 3 is 2.62 bits per heavy atom. The molecule has 0 spiro atoms. The minimum absolute atomic E-state index is 0.194. The van der Waals surface area contributed by atoms with E-state index in [9.17, 15) is 4.79 Å². The van der Waals surface area contributed by atoms with E-state index in [1.807, 2.05) is 36.4 Å². The summed E-state index contributed by atoms with van der Waals surface area (Å²) in [4.78, 5) is 14.5. The van der Waals surface area contributed by atoms with Crippen molar-refractivity contribution in [2.45, 2.75) is 25.8 Å². The zero-order chi connectivity index (χ0) is 17.7. The highest BCUT2D eigenvalue weighted by Gasteiger charge is 2.26. The van der Waals surface area contributed by atoms with E-state index in [1.54, 1.807) is 7.11 Å². The molecule has 2 aromatic carbocycles. The number of rotatable bonds is 2. The van der Waals surface area contributed by atoms with Gasteiger partial charge in [-0.05, 0) is 61.2 Å². The quantitative estimate of drug-likeness (QED) is 0.661. The molecule has 0 radical (unpaired) electrons. The third-order valence-electron chi connectivity index (χ3n) is 5.36. The molecule has 0 atom stereocenters. The summed E-state index contributed by atoms with van der Waals surface area (Å²) in [6, 6.07) is 11.9. The lowest BCUT2D eigenvalue weighted by molar-refractivity contribution is 0.289. The summed E-state index contributed by atoms with van der Waals surface area (Å²) in [5, 5.41) is 1.05. The van der Waals surface area contributed by atoms with Gasteiger partial charge in [0.2, 0.25) is 0 Å². The molecule has 0 N–H and O–H groups in total. The second kappa shape index (κ2) is 5.80. The van der Waals surface area contributed by atoms with Crippen LogP contribution in [0.15, 0.2) is 45.6 Å². The van der Waals surface area contributed by atoms with Crippen LogP contribution in [0.25, 0.3) is 11.0 Å². The second-order valence-electron chi connectivity index (χ2n) is 6.79. The van der Waals surface area contributed by atoms with Crippen molar-refractivity contribution >= 4 is 16.7 Å². The first-order valence-corrected chi connectivity index (χ1v) is 8.87. The van der Waals surface area contributed by atoms with Gasteiger partial charge >= 0.3 is 5.63 Å². The minimum Gasteiger partial charge on any atom is -0.497 e. The molecule has 5 nitrogen and oxygen atoms in total. The normalized spacial score (nSPS) is 15.5. The minimum atomic E-state index is -0.194. The molecule has 1 aromatic heterocycles. The van der Waals surface area contributed by atoms with Crippen LogP contribution >= 0.6 is 0 Å². The molecular formula is C21H19NO4. The van der Waals surface area contributed by atoms with Crippen molar-refractivity contribution in [2.24, 2.45) is 0 Å². The monoisotopic (exact) mass is 349 g/mol. The molecule has 132 valence electrons. The van der Waals surface area contributed by atoms with Crippen LogP contribution in [0.5, 0.6) is 11.5 Å². The van der Waals surface area contributed by atoms with Crippen LogP contribution in [-0.2, 0) is 19.4 Å². The Morgan fingerprint density at radius 1 is 1.00 bits per heavy atom. The average molecular weight is 349 g/mol. The van der Waals surface area contributed by atoms with Crippen LogP contribution in [0.4, 0.5) is 5.69 Å². The van der Waals surface area contributed by atoms with Crippen LogP contribution in [0.2, 0.25) is 0 Å². The highest BCUT2D eigenvalue weighted by Crippen LogP contribution is 2.37. The maximum atomic E-state index is 12.4. The topological polar surface area (TPSA) is 51.9 Å². The maximum Gasteiger partial charge on any atom is 0.339 e. The van der Waals surface area contributed by atoms with Crippen LogP contribution in [0, 0.1) is 0 Å². The molecule has 2 aliphatic rings. The van der Waals surface area contributed by atoms with Crippen LogP contribution < -0.4 is 20.0 Å². The van der Waals surface area contributed by atoms with E-state index in [0.29, 0.717) is 18.9 Å². The van der Waals surface area contributed by atoms with E-state index in [1.165, 1.54) is 0 Å². The van der Waals surface area contributed by atoms with Crippen molar-refractivity contribution in [3.63, 3.8) is 0 Å². The molecule has 2 heterocycles. The first-order chi connectivity index (χ1) is 12.7. The van der Waals surface area contributed by atoms with Crippen molar-refractivity contribution in [3.8, 4) is 11.5 Å². The number of nitrogens with zero attached hydrogens (tertiary/aromatic N) is 1. The summed E-state index contributed by atoms with van der Waals surface area (Å²) < 4.78 is 16.9. The Morgan fingerprint density at radius 2 is 1.81 bits per heavy atom. The fourth-order valence-corrected chi connectivity index (χ4v) is 4.01. The van der Waals surface area contributed by atoms with Crippen LogP contribution in [0.1, 0.15) is 23.1 Å². The smallest absolute Gasteiger partial charge is 0.339 e. The summed E-state index contributed by atoms with van der Waals surface area (Å²) in [5.74, 6) is 1.61. The Bertz CT molecular complexity index is 1050. The van der Waals surface area contributed by atoms with Gasteiger partial charge in [0.15, 0.2) is 6.73 Å². The van der Waals surface area contributed by atoms with Gasteiger partial charge in [-0.3, -0.25) is 0 Å². The fraction of sp³-hybridized carbons (Fsp3) is 0.286. The fourth-order valence-electron chi connectivity index (χ4n) is 4.01. The van der Waals surface area contributed by atoms with Crippen molar-refractivity contribution < 1.29 is 13.9 Å². The van der Waals surface area contributed by atoms with Crippen molar-refractivity contribution in [1.82, 2.24) is 0 Å². The number of ether oxygens (including phenoxy) is 2. The highest BCUT2D eigenvalue weighted by molar-refractivity contribution is 5.87. The maximum absolute atomic E-state index is 12.4. The lowest BCUT2D eigenvalue weighted by Gasteiger charge is -2.31. The lowest BCUT2D eigenvalue weighted by Crippen LogP contribution is -2.32. The van der Waals surface area contributed by atoms with Gasteiger partial charge in [0, 0.05) is 16.6 Å². The molecule has 1 aliphatic carbocycles. The Hall–Kier alpha value is -2.95. The van der Waals surface area contributed by atoms with E-state index < -0.39 is 0 Å². The molecule has 0 bridgehead atoms. The van der Waals surface area contributed by atoms with Crippen molar-refractivity contribution in [3.05, 3.63) is 63.5 Å². The largest absolute Gasteiger partial charge is 0.497 e. The zero-order valence-electron chi connectivity index (χ0n) is 14.6. The number of aryl methyl sites for hydroxylation is 1. The van der Waals surface area contributed by atoms with Gasteiger partial charge in [0.25, 0.3) is 0 Å². The molecule has 0 fully saturated rings. The van der Waals surface area contributed by atoms with E-state index in [0.717, 1.165) is 58.5 Å². The summed E-state index contributed by atoms with van der Waals surface area (Å²) in [5.41, 5.74) is 4.46. The molecule has 0 saturated carbocycles. The summed E-state index contributed by atoms with van der Waals surface area (Å²) in [7, 11) is 1.65. The number of hydrogen-bond acceptors (Lipinski definition) is 5. The van der Waals surface area contributed by atoms with Gasteiger partial charge < -0.3 is 18.8 Å². The number of hydrogen-bond donors (Lipinski definition) is 0. The van der Waals surface area contributed by atoms with Crippen LogP contribution in [-0.4, -0.2) is 13.8 Å². The molecule has 3 aromatic rings. The molecule has 1 aliphatic heterocycles. The number of benzene rings is 2. The van der Waals surface area contributed by atoms with Gasteiger partial charge in [-0.2, -0.15) is 0 Å². The zero-order valence-corrected chi connectivity index (χ0v) is 14.6. The highest BCUT2D eigenvalue weighted by atomic mass is 16.5. The second-order valence-corrected chi connectivity index (χ2v) is 6.79. The Labute approximate surface area is 150 Å². The predicted molar refractivity (Wildman–Crippen MR) is 99.2 cm³/mol. The van der Waals surface area contributed by atoms with Gasteiger partial charge in [0.05, 0.1) is 19.2 Å². The third kappa shape index (κ3) is 2.27.